The topological polar surface area (TPSA) is 177 Å². The fraction of sp³-hybridized carbons (Fsp3) is 0.261. The van der Waals surface area contributed by atoms with Gasteiger partial charge in [-0.3, -0.25) is 9.59 Å². The standard InChI is InChI=1S/C24H26N2O4S.C22H22N2O4S/c1-5-16-6-10-18(11-7-16)22-26-15(2)20(31-22)21(27)25-14-17-8-12-19(13-9-17)30-24(3,4)23(28)29;1-14-18(29-20(24-14)16-7-5-4-6-8-16)19(25)23-13-15-9-11-17(12-10-15)28-22(2,3)21(26)27/h6-13H,5,14H2,1-4H3,(H,25,27)(H,28,29);4-12H,13H2,1-3H3,(H,23,25)(H,26,27). The SMILES string of the molecule is CCc1ccc(-c2nc(C)c(C(=O)NCc3ccc(OC(C)(C)C(=O)O)cc3)s2)cc1.Cc1nc(-c2ccccc2)sc1C(=O)NCc1ccc(OC(C)(C)C(=O)O)cc1. The van der Waals surface area contributed by atoms with Gasteiger partial charge in [-0.2, -0.15) is 0 Å². The van der Waals surface area contributed by atoms with E-state index in [1.807, 2.05) is 56.3 Å². The summed E-state index contributed by atoms with van der Waals surface area (Å²) in [5, 5.41) is 25.8. The Bertz CT molecular complexity index is 2420. The summed E-state index contributed by atoms with van der Waals surface area (Å²) in [7, 11) is 0. The molecule has 0 saturated carbocycles. The normalized spacial score (nSPS) is 11.2. The van der Waals surface area contributed by atoms with Crippen molar-refractivity contribution in [1.29, 1.82) is 0 Å². The van der Waals surface area contributed by atoms with E-state index in [0.717, 1.165) is 38.7 Å². The van der Waals surface area contributed by atoms with E-state index in [9.17, 15) is 19.2 Å². The quantitative estimate of drug-likeness (QED) is 0.0779. The first-order chi connectivity index (χ1) is 28.4. The molecule has 4 aromatic carbocycles. The van der Waals surface area contributed by atoms with Crippen molar-refractivity contribution in [2.45, 2.75) is 79.2 Å². The smallest absolute Gasteiger partial charge is 0.347 e. The van der Waals surface area contributed by atoms with Crippen molar-refractivity contribution in [2.75, 3.05) is 0 Å². The van der Waals surface area contributed by atoms with Crippen molar-refractivity contribution in [2.24, 2.45) is 0 Å². The number of carboxylic acid groups (broad SMARTS) is 2. The van der Waals surface area contributed by atoms with E-state index >= 15 is 0 Å². The van der Waals surface area contributed by atoms with Crippen molar-refractivity contribution < 1.29 is 38.9 Å². The number of carbonyl (C=O) groups is 4. The highest BCUT2D eigenvalue weighted by molar-refractivity contribution is 7.17. The first kappa shape index (κ1) is 44.7. The van der Waals surface area contributed by atoms with Gasteiger partial charge >= 0.3 is 11.9 Å². The van der Waals surface area contributed by atoms with Crippen LogP contribution in [0, 0.1) is 13.8 Å². The largest absolute Gasteiger partial charge is 0.478 e. The van der Waals surface area contributed by atoms with Crippen LogP contribution in [-0.4, -0.2) is 55.1 Å². The van der Waals surface area contributed by atoms with Gasteiger partial charge in [-0.1, -0.05) is 85.8 Å². The Morgan fingerprint density at radius 3 is 1.30 bits per heavy atom. The van der Waals surface area contributed by atoms with Gasteiger partial charge in [-0.25, -0.2) is 19.6 Å². The Morgan fingerprint density at radius 2 is 0.933 bits per heavy atom. The molecular weight excluding hydrogens is 801 g/mol. The highest BCUT2D eigenvalue weighted by Gasteiger charge is 2.30. The number of carboxylic acids is 2. The maximum atomic E-state index is 12.7. The number of aliphatic carboxylic acids is 2. The second-order valence-electron chi connectivity index (χ2n) is 14.8. The Kier molecular flexibility index (Phi) is 14.6. The zero-order valence-corrected chi connectivity index (χ0v) is 36.1. The Morgan fingerprint density at radius 1 is 0.567 bits per heavy atom. The van der Waals surface area contributed by atoms with Gasteiger partial charge in [0.2, 0.25) is 0 Å². The molecule has 0 spiro atoms. The summed E-state index contributed by atoms with van der Waals surface area (Å²) in [4.78, 5) is 57.8. The van der Waals surface area contributed by atoms with Crippen molar-refractivity contribution >= 4 is 46.4 Å². The summed E-state index contributed by atoms with van der Waals surface area (Å²) >= 11 is 2.75. The number of nitrogens with one attached hydrogen (secondary N) is 2. The number of rotatable bonds is 15. The molecule has 0 aliphatic carbocycles. The molecule has 312 valence electrons. The first-order valence-electron chi connectivity index (χ1n) is 19.1. The van der Waals surface area contributed by atoms with Crippen LogP contribution >= 0.6 is 22.7 Å². The lowest BCUT2D eigenvalue weighted by Crippen LogP contribution is -2.37. The Balaban J connectivity index is 0.000000228. The van der Waals surface area contributed by atoms with Crippen LogP contribution in [0.3, 0.4) is 0 Å². The van der Waals surface area contributed by atoms with Gasteiger partial charge in [0, 0.05) is 24.2 Å². The number of nitrogens with zero attached hydrogens (tertiary/aromatic N) is 2. The average molecular weight is 849 g/mol. The lowest BCUT2D eigenvalue weighted by atomic mass is 10.1. The molecule has 0 bridgehead atoms. The minimum atomic E-state index is -1.31. The summed E-state index contributed by atoms with van der Waals surface area (Å²) in [6.07, 6.45) is 0.981. The van der Waals surface area contributed by atoms with Crippen LogP contribution in [0.5, 0.6) is 11.5 Å². The zero-order chi connectivity index (χ0) is 43.6. The fourth-order valence-electron chi connectivity index (χ4n) is 5.48. The van der Waals surface area contributed by atoms with Crippen LogP contribution in [0.15, 0.2) is 103 Å². The van der Waals surface area contributed by atoms with Crippen LogP contribution in [-0.2, 0) is 29.1 Å². The molecule has 0 atom stereocenters. The van der Waals surface area contributed by atoms with Crippen molar-refractivity contribution in [3.05, 3.63) is 141 Å². The number of hydrogen-bond donors (Lipinski definition) is 4. The zero-order valence-electron chi connectivity index (χ0n) is 34.5. The molecule has 6 aromatic rings. The van der Waals surface area contributed by atoms with Crippen molar-refractivity contribution in [1.82, 2.24) is 20.6 Å². The third-order valence-corrected chi connectivity index (χ3v) is 11.6. The van der Waals surface area contributed by atoms with E-state index in [2.05, 4.69) is 39.7 Å². The summed E-state index contributed by atoms with van der Waals surface area (Å²) < 4.78 is 11.0. The molecule has 6 rings (SSSR count). The summed E-state index contributed by atoms with van der Waals surface area (Å²) in [5.41, 5.74) is 3.80. The van der Waals surface area contributed by atoms with Gasteiger partial charge in [0.15, 0.2) is 11.2 Å². The summed E-state index contributed by atoms with van der Waals surface area (Å²) in [6.45, 7) is 12.4. The molecule has 0 unspecified atom stereocenters. The Labute approximate surface area is 357 Å². The number of aryl methyl sites for hydroxylation is 3. The number of aromatic nitrogens is 2. The second-order valence-corrected chi connectivity index (χ2v) is 16.8. The van der Waals surface area contributed by atoms with E-state index in [0.29, 0.717) is 45.7 Å². The molecule has 0 radical (unpaired) electrons. The monoisotopic (exact) mass is 848 g/mol. The van der Waals surface area contributed by atoms with Crippen LogP contribution in [0.2, 0.25) is 0 Å². The lowest BCUT2D eigenvalue weighted by molar-refractivity contribution is -0.152. The number of carbonyl (C=O) groups excluding carboxylic acids is 2. The van der Waals surface area contributed by atoms with E-state index in [1.165, 1.54) is 55.9 Å². The molecule has 2 amide bonds. The number of hydrogen-bond acceptors (Lipinski definition) is 10. The molecule has 0 aliphatic heterocycles. The maximum Gasteiger partial charge on any atom is 0.347 e. The van der Waals surface area contributed by atoms with Crippen molar-refractivity contribution in [3.8, 4) is 32.6 Å². The Hall–Kier alpha value is -6.38. The molecular formula is C46H48N4O8S2. The van der Waals surface area contributed by atoms with Crippen LogP contribution in [0.1, 0.15) is 82.0 Å². The van der Waals surface area contributed by atoms with Gasteiger partial charge in [0.05, 0.1) is 11.4 Å². The third kappa shape index (κ3) is 11.9. The van der Waals surface area contributed by atoms with Crippen LogP contribution in [0.25, 0.3) is 21.1 Å². The molecule has 0 saturated heterocycles. The van der Waals surface area contributed by atoms with Gasteiger partial charge in [0.25, 0.3) is 11.8 Å². The van der Waals surface area contributed by atoms with E-state index in [4.69, 9.17) is 19.7 Å². The minimum Gasteiger partial charge on any atom is -0.478 e. The summed E-state index contributed by atoms with van der Waals surface area (Å²) in [5.74, 6) is -1.50. The van der Waals surface area contributed by atoms with Gasteiger partial charge < -0.3 is 30.3 Å². The van der Waals surface area contributed by atoms with Crippen LogP contribution in [0.4, 0.5) is 0 Å². The van der Waals surface area contributed by atoms with Gasteiger partial charge in [-0.15, -0.1) is 22.7 Å². The van der Waals surface area contributed by atoms with E-state index in [1.54, 1.807) is 48.5 Å². The molecule has 12 nitrogen and oxygen atoms in total. The minimum absolute atomic E-state index is 0.168. The molecule has 0 aliphatic rings. The molecule has 0 fully saturated rings. The fourth-order valence-corrected chi connectivity index (χ4v) is 7.45. The average Bonchev–Trinajstić information content (AvgIpc) is 3.82. The number of amides is 2. The number of ether oxygens (including phenoxy) is 2. The van der Waals surface area contributed by atoms with E-state index < -0.39 is 23.1 Å². The molecule has 14 heteroatoms. The van der Waals surface area contributed by atoms with E-state index in [-0.39, 0.29) is 11.8 Å². The van der Waals surface area contributed by atoms with Gasteiger partial charge in [0.1, 0.15) is 31.3 Å². The highest BCUT2D eigenvalue weighted by Crippen LogP contribution is 2.30. The lowest BCUT2D eigenvalue weighted by Gasteiger charge is -2.21. The molecule has 4 N–H and O–H groups in total. The number of benzene rings is 4. The van der Waals surface area contributed by atoms with Gasteiger partial charge in [-0.05, 0) is 88.9 Å². The molecule has 2 heterocycles. The third-order valence-electron chi connectivity index (χ3n) is 9.16. The maximum absolute atomic E-state index is 12.7. The number of thiazole rings is 2. The summed E-state index contributed by atoms with van der Waals surface area (Å²) in [6, 6.07) is 32.0. The first-order valence-corrected chi connectivity index (χ1v) is 20.8. The second kappa shape index (κ2) is 19.6. The van der Waals surface area contributed by atoms with Crippen LogP contribution < -0.4 is 20.1 Å². The van der Waals surface area contributed by atoms with Crippen molar-refractivity contribution in [3.63, 3.8) is 0 Å². The predicted molar refractivity (Wildman–Crippen MR) is 234 cm³/mol. The highest BCUT2D eigenvalue weighted by atomic mass is 32.1. The predicted octanol–water partition coefficient (Wildman–Crippen LogP) is 9.14. The molecule has 2 aromatic heterocycles. The molecule has 60 heavy (non-hydrogen) atoms.